The number of carbonyl (C=O) groups is 3. The van der Waals surface area contributed by atoms with E-state index >= 15 is 0 Å². The highest BCUT2D eigenvalue weighted by Gasteiger charge is 2.38. The summed E-state index contributed by atoms with van der Waals surface area (Å²) in [6, 6.07) is 14.8. The van der Waals surface area contributed by atoms with E-state index in [-0.39, 0.29) is 29.8 Å². The molecule has 12 nitrogen and oxygen atoms in total. The van der Waals surface area contributed by atoms with Gasteiger partial charge in [0.25, 0.3) is 0 Å². The van der Waals surface area contributed by atoms with Crippen molar-refractivity contribution in [3.05, 3.63) is 59.7 Å². The number of nitrogens with one attached hydrogen (secondary N) is 1. The third-order valence-corrected chi connectivity index (χ3v) is 13.3. The Morgan fingerprint density at radius 1 is 0.727 bits per heavy atom. The van der Waals surface area contributed by atoms with Gasteiger partial charge in [0.1, 0.15) is 17.8 Å². The van der Waals surface area contributed by atoms with Gasteiger partial charge >= 0.3 is 18.3 Å². The zero-order valence-electron chi connectivity index (χ0n) is 36.7. The molecule has 2 aromatic rings. The number of ether oxygens (including phenoxy) is 3. The van der Waals surface area contributed by atoms with E-state index in [9.17, 15) is 19.2 Å². The van der Waals surface area contributed by atoms with E-state index in [2.05, 4.69) is 58.0 Å². The van der Waals surface area contributed by atoms with Crippen LogP contribution in [0.3, 0.4) is 0 Å². The lowest BCUT2D eigenvalue weighted by molar-refractivity contribution is 0.0168. The van der Waals surface area contributed by atoms with Gasteiger partial charge in [-0.15, -0.1) is 0 Å². The highest BCUT2D eigenvalue weighted by atomic mass is 28.4. The van der Waals surface area contributed by atoms with Crippen molar-refractivity contribution in [3.63, 3.8) is 0 Å². The van der Waals surface area contributed by atoms with Crippen molar-refractivity contribution in [2.75, 3.05) is 32.6 Å². The molecule has 0 aliphatic rings. The Hall–Kier alpha value is -4.19. The van der Waals surface area contributed by atoms with Crippen LogP contribution < -0.4 is 5.32 Å². The van der Waals surface area contributed by atoms with E-state index in [4.69, 9.17) is 18.6 Å². The number of hydrogen-bond acceptors (Lipinski definition) is 9. The Morgan fingerprint density at radius 2 is 1.13 bits per heavy atom. The van der Waals surface area contributed by atoms with Crippen LogP contribution in [-0.2, 0) is 36.3 Å². The number of anilines is 1. The van der Waals surface area contributed by atoms with Crippen molar-refractivity contribution < 1.29 is 37.8 Å². The maximum atomic E-state index is 12.0. The molecule has 0 aliphatic carbocycles. The largest absolute Gasteiger partial charge is 0.447 e. The number of benzene rings is 2. The topological polar surface area (TPSA) is 136 Å². The Bertz CT molecular complexity index is 1500. The summed E-state index contributed by atoms with van der Waals surface area (Å²) >= 11 is 0. The molecule has 0 bridgehead atoms. The Morgan fingerprint density at radius 3 is 1.49 bits per heavy atom. The van der Waals surface area contributed by atoms with Crippen LogP contribution in [0.25, 0.3) is 0 Å². The molecule has 0 fully saturated rings. The van der Waals surface area contributed by atoms with Gasteiger partial charge in [0.15, 0.2) is 8.32 Å². The lowest BCUT2D eigenvalue weighted by atomic mass is 10.1. The van der Waals surface area contributed by atoms with Gasteiger partial charge in [-0.05, 0) is 122 Å². The summed E-state index contributed by atoms with van der Waals surface area (Å²) in [4.78, 5) is 52.1. The quantitative estimate of drug-likeness (QED) is 0.103. The van der Waals surface area contributed by atoms with E-state index in [0.29, 0.717) is 18.0 Å². The summed E-state index contributed by atoms with van der Waals surface area (Å²) < 4.78 is 22.0. The van der Waals surface area contributed by atoms with Crippen molar-refractivity contribution >= 4 is 44.1 Å². The van der Waals surface area contributed by atoms with E-state index in [1.807, 2.05) is 76.2 Å². The molecule has 0 unspecified atom stereocenters. The van der Waals surface area contributed by atoms with E-state index in [0.717, 1.165) is 12.8 Å². The fourth-order valence-electron chi connectivity index (χ4n) is 3.83. The molecule has 310 valence electrons. The van der Waals surface area contributed by atoms with Gasteiger partial charge < -0.3 is 28.4 Å². The van der Waals surface area contributed by atoms with Crippen molar-refractivity contribution in [1.82, 2.24) is 9.80 Å². The van der Waals surface area contributed by atoms with Crippen LogP contribution in [0.15, 0.2) is 53.5 Å². The molecule has 2 atom stereocenters. The summed E-state index contributed by atoms with van der Waals surface area (Å²) in [5, 5.41) is 2.84. The highest BCUT2D eigenvalue weighted by molar-refractivity contribution is 6.74. The first kappa shape index (κ1) is 50.8. The molecule has 2 rings (SSSR count). The number of amides is 3. The monoisotopic (exact) mass is 786 g/mol. The van der Waals surface area contributed by atoms with E-state index < -0.39 is 31.7 Å². The van der Waals surface area contributed by atoms with Gasteiger partial charge in [-0.2, -0.15) is 4.99 Å². The molecule has 3 amide bonds. The first-order valence-electron chi connectivity index (χ1n) is 18.9. The summed E-state index contributed by atoms with van der Waals surface area (Å²) in [5.41, 5.74) is 2.75. The molecule has 0 spiro atoms. The van der Waals surface area contributed by atoms with Gasteiger partial charge in [-0.1, -0.05) is 58.9 Å². The summed E-state index contributed by atoms with van der Waals surface area (Å²) in [7, 11) is 1.60. The zero-order valence-corrected chi connectivity index (χ0v) is 37.7. The molecule has 0 aliphatic heterocycles. The average Bonchev–Trinajstić information content (AvgIpc) is 3.08. The van der Waals surface area contributed by atoms with E-state index in [1.54, 1.807) is 46.7 Å². The lowest BCUT2D eigenvalue weighted by Crippen LogP contribution is -2.46. The second kappa shape index (κ2) is 23.0. The molecule has 2 aromatic carbocycles. The first-order chi connectivity index (χ1) is 25.2. The van der Waals surface area contributed by atoms with Gasteiger partial charge in [-0.3, -0.25) is 5.32 Å². The molecule has 0 radical (unpaired) electrons. The van der Waals surface area contributed by atoms with Crippen LogP contribution in [-0.4, -0.2) is 93.1 Å². The predicted molar refractivity (Wildman–Crippen MR) is 224 cm³/mol. The number of aryl methyl sites for hydroxylation is 2. The lowest BCUT2D eigenvalue weighted by Gasteiger charge is -2.38. The number of isocyanates is 1. The molecule has 13 heteroatoms. The molecule has 0 saturated carbocycles. The fourth-order valence-corrected chi connectivity index (χ4v) is 4.92. The second-order valence-corrected chi connectivity index (χ2v) is 21.8. The van der Waals surface area contributed by atoms with Gasteiger partial charge in [0.2, 0.25) is 6.08 Å². The van der Waals surface area contributed by atoms with Crippen LogP contribution in [0, 0.1) is 0 Å². The van der Waals surface area contributed by atoms with E-state index in [1.165, 1.54) is 22.1 Å². The molecule has 1 N–H and O–H groups in total. The number of likely N-dealkylation sites (N-methyl/N-ethyl adjacent to an activating group) is 2. The first-order valence-corrected chi connectivity index (χ1v) is 21.8. The molecular weight excluding hydrogens is 717 g/mol. The third kappa shape index (κ3) is 21.5. The normalized spacial score (nSPS) is 12.5. The number of hydrogen-bond donors (Lipinski definition) is 1. The van der Waals surface area contributed by atoms with Crippen molar-refractivity contribution in [2.45, 2.75) is 144 Å². The molecular formula is C42H70N4O8Si. The maximum absolute atomic E-state index is 12.0. The number of rotatable bonds is 11. The molecule has 0 saturated heterocycles. The molecule has 55 heavy (non-hydrogen) atoms. The van der Waals surface area contributed by atoms with Crippen molar-refractivity contribution in [1.29, 1.82) is 0 Å². The summed E-state index contributed by atoms with van der Waals surface area (Å²) in [6.07, 6.45) is 2.14. The highest BCUT2D eigenvalue weighted by Crippen LogP contribution is 2.36. The van der Waals surface area contributed by atoms with Crippen molar-refractivity contribution in [2.24, 2.45) is 4.99 Å². The summed E-state index contributed by atoms with van der Waals surface area (Å²) in [6.45, 7) is 30.6. The van der Waals surface area contributed by atoms with Gasteiger partial charge in [-0.25, -0.2) is 19.2 Å². The predicted octanol–water partition coefficient (Wildman–Crippen LogP) is 10.5. The minimum atomic E-state index is -1.77. The third-order valence-electron chi connectivity index (χ3n) is 8.76. The summed E-state index contributed by atoms with van der Waals surface area (Å²) in [5.74, 6) is 0. The van der Waals surface area contributed by atoms with Crippen LogP contribution in [0.1, 0.15) is 101 Å². The van der Waals surface area contributed by atoms with Gasteiger partial charge in [0.05, 0.1) is 24.4 Å². The average molecular weight is 787 g/mol. The number of carbonyl (C=O) groups excluding carboxylic acids is 4. The Labute approximate surface area is 332 Å². The Balaban J connectivity index is 0.000000846. The maximum Gasteiger partial charge on any atom is 0.411 e. The SMILES string of the molecule is CCc1ccc(N=C=O)cc1.CCc1ccc(NC(=O)OC[C@H](C)N(C)C(=O)OC(C)(C)C)cc1.C[C@@H](CO[Si](C)(C)C(C)(C)C)N(C)C(=O)OC(C)(C)C. The Kier molecular flexibility index (Phi) is 21.3. The van der Waals surface area contributed by atoms with Crippen LogP contribution in [0.2, 0.25) is 18.1 Å². The van der Waals surface area contributed by atoms with Gasteiger partial charge in [0, 0.05) is 19.8 Å². The van der Waals surface area contributed by atoms with Crippen LogP contribution in [0.4, 0.5) is 25.8 Å². The second-order valence-electron chi connectivity index (χ2n) is 16.9. The van der Waals surface area contributed by atoms with Crippen molar-refractivity contribution in [3.8, 4) is 0 Å². The van der Waals surface area contributed by atoms with Crippen LogP contribution in [0.5, 0.6) is 0 Å². The number of aliphatic imine (C=N–C) groups is 1. The minimum absolute atomic E-state index is 0.000949. The minimum Gasteiger partial charge on any atom is -0.447 e. The number of nitrogens with zero attached hydrogens (tertiary/aromatic N) is 3. The van der Waals surface area contributed by atoms with Crippen LogP contribution >= 0.6 is 0 Å². The molecule has 0 aromatic heterocycles. The molecule has 0 heterocycles. The zero-order chi connectivity index (χ0) is 42.8. The standard InChI is InChI=1S/C18H28N2O4.C15H33NO3Si.C9H9NO/c1-7-14-8-10-15(11-9-14)19-16(21)23-12-13(2)20(6)17(22)24-18(3,4)5;1-12(11-18-20(9,10)15(5,6)7)16(8)13(17)19-14(2,3)4;1-2-8-3-5-9(6-4-8)10-7-11/h8-11,13H,7,12H2,1-6H3,(H,19,21);12H,11H2,1-10H3;3-6H,2H2,1H3/t13-;12-;/m00./s1. The smallest absolute Gasteiger partial charge is 0.411 e. The fraction of sp³-hybridized carbons (Fsp3) is 0.619.